The predicted molar refractivity (Wildman–Crippen MR) is 71.8 cm³/mol. The molecule has 2 aromatic carbocycles. The third kappa shape index (κ3) is 3.03. The molecule has 4 nitrogen and oxygen atoms in total. The minimum Gasteiger partial charge on any atom is -0.376 e. The van der Waals surface area contributed by atoms with Crippen molar-refractivity contribution in [2.75, 3.05) is 5.32 Å². The first-order valence-corrected chi connectivity index (χ1v) is 5.97. The van der Waals surface area contributed by atoms with Gasteiger partial charge in [-0.15, -0.1) is 0 Å². The Morgan fingerprint density at radius 1 is 1.20 bits per heavy atom. The van der Waals surface area contributed by atoms with Crippen LogP contribution in [-0.4, -0.2) is 4.92 Å². The Labute approximate surface area is 118 Å². The molecular formula is C13H9ClF2N2O2. The second kappa shape index (κ2) is 5.83. The minimum absolute atomic E-state index is 0.116. The van der Waals surface area contributed by atoms with Crippen LogP contribution in [0.3, 0.4) is 0 Å². The van der Waals surface area contributed by atoms with Gasteiger partial charge in [0.1, 0.15) is 17.3 Å². The van der Waals surface area contributed by atoms with Crippen molar-refractivity contribution in [3.05, 3.63) is 68.7 Å². The molecule has 0 bridgehead atoms. The lowest BCUT2D eigenvalue weighted by molar-refractivity contribution is -0.385. The molecule has 0 aromatic heterocycles. The molecular weight excluding hydrogens is 290 g/mol. The molecule has 2 aromatic rings. The van der Waals surface area contributed by atoms with Crippen molar-refractivity contribution >= 4 is 23.0 Å². The Kier molecular flexibility index (Phi) is 4.14. The SMILES string of the molecule is O=[N+]([O-])c1ccc(Cl)cc1CNc1c(F)cccc1F. The summed E-state index contributed by atoms with van der Waals surface area (Å²) in [5, 5.41) is 13.7. The third-order valence-electron chi connectivity index (χ3n) is 2.66. The maximum Gasteiger partial charge on any atom is 0.274 e. The minimum atomic E-state index is -0.769. The van der Waals surface area contributed by atoms with Crippen molar-refractivity contribution in [3.8, 4) is 0 Å². The Balaban J connectivity index is 2.27. The van der Waals surface area contributed by atoms with Gasteiger partial charge in [-0.2, -0.15) is 0 Å². The summed E-state index contributed by atoms with van der Waals surface area (Å²) in [6.07, 6.45) is 0. The molecule has 0 aliphatic rings. The highest BCUT2D eigenvalue weighted by Crippen LogP contribution is 2.25. The highest BCUT2D eigenvalue weighted by atomic mass is 35.5. The number of nitrogens with zero attached hydrogens (tertiary/aromatic N) is 1. The van der Waals surface area contributed by atoms with Crippen molar-refractivity contribution in [2.24, 2.45) is 0 Å². The number of hydrogen-bond acceptors (Lipinski definition) is 3. The maximum absolute atomic E-state index is 13.4. The summed E-state index contributed by atoms with van der Waals surface area (Å²) in [5.41, 5.74) is -0.259. The van der Waals surface area contributed by atoms with Gasteiger partial charge in [-0.25, -0.2) is 8.78 Å². The van der Waals surface area contributed by atoms with E-state index in [4.69, 9.17) is 11.6 Å². The summed E-state index contributed by atoms with van der Waals surface area (Å²) in [7, 11) is 0. The van der Waals surface area contributed by atoms with Crippen molar-refractivity contribution in [3.63, 3.8) is 0 Å². The fourth-order valence-electron chi connectivity index (χ4n) is 1.72. The van der Waals surface area contributed by atoms with Crippen LogP contribution >= 0.6 is 11.6 Å². The first kappa shape index (κ1) is 14.2. The fraction of sp³-hybridized carbons (Fsp3) is 0.0769. The van der Waals surface area contributed by atoms with E-state index in [0.29, 0.717) is 5.02 Å². The molecule has 0 fully saturated rings. The van der Waals surface area contributed by atoms with Crippen LogP contribution < -0.4 is 5.32 Å². The average molecular weight is 299 g/mol. The van der Waals surface area contributed by atoms with Crippen LogP contribution in [0.1, 0.15) is 5.56 Å². The Bertz CT molecular complexity index is 645. The molecule has 0 spiro atoms. The van der Waals surface area contributed by atoms with Crippen molar-refractivity contribution in [1.82, 2.24) is 0 Å². The molecule has 0 radical (unpaired) electrons. The van der Waals surface area contributed by atoms with E-state index in [0.717, 1.165) is 12.1 Å². The Morgan fingerprint density at radius 2 is 1.85 bits per heavy atom. The Morgan fingerprint density at radius 3 is 2.45 bits per heavy atom. The van der Waals surface area contributed by atoms with E-state index in [1.54, 1.807) is 0 Å². The zero-order valence-corrected chi connectivity index (χ0v) is 10.8. The summed E-state index contributed by atoms with van der Waals surface area (Å²) >= 11 is 5.77. The molecule has 0 amide bonds. The van der Waals surface area contributed by atoms with E-state index < -0.39 is 16.6 Å². The summed E-state index contributed by atoms with van der Waals surface area (Å²) < 4.78 is 26.9. The quantitative estimate of drug-likeness (QED) is 0.682. The number of anilines is 1. The summed E-state index contributed by atoms with van der Waals surface area (Å²) in [6.45, 7) is -0.116. The van der Waals surface area contributed by atoms with Crippen LogP contribution in [0.15, 0.2) is 36.4 Å². The molecule has 104 valence electrons. The van der Waals surface area contributed by atoms with Gasteiger partial charge >= 0.3 is 0 Å². The van der Waals surface area contributed by atoms with Gasteiger partial charge < -0.3 is 5.32 Å². The van der Waals surface area contributed by atoms with Crippen molar-refractivity contribution < 1.29 is 13.7 Å². The molecule has 0 unspecified atom stereocenters. The number of hydrogen-bond donors (Lipinski definition) is 1. The van der Waals surface area contributed by atoms with E-state index in [1.807, 2.05) is 0 Å². The number of nitro groups is 1. The third-order valence-corrected chi connectivity index (χ3v) is 2.89. The number of nitrogens with one attached hydrogen (secondary N) is 1. The monoisotopic (exact) mass is 298 g/mol. The zero-order valence-electron chi connectivity index (χ0n) is 10.1. The fourth-order valence-corrected chi connectivity index (χ4v) is 1.92. The Hall–Kier alpha value is -2.21. The lowest BCUT2D eigenvalue weighted by Crippen LogP contribution is -2.06. The van der Waals surface area contributed by atoms with Gasteiger partial charge in [0, 0.05) is 17.6 Å². The van der Waals surface area contributed by atoms with E-state index in [9.17, 15) is 18.9 Å². The second-order valence-electron chi connectivity index (χ2n) is 3.98. The summed E-state index contributed by atoms with van der Waals surface area (Å²) in [5.74, 6) is -1.54. The molecule has 0 aliphatic heterocycles. The number of rotatable bonds is 4. The topological polar surface area (TPSA) is 55.2 Å². The molecule has 7 heteroatoms. The normalized spacial score (nSPS) is 10.3. The molecule has 0 aliphatic carbocycles. The molecule has 0 atom stereocenters. The second-order valence-corrected chi connectivity index (χ2v) is 4.42. The van der Waals surface area contributed by atoms with Crippen LogP contribution in [0, 0.1) is 21.7 Å². The number of nitro benzene ring substituents is 1. The average Bonchev–Trinajstić information content (AvgIpc) is 2.37. The van der Waals surface area contributed by atoms with Gasteiger partial charge in [0.05, 0.1) is 10.5 Å². The first-order valence-electron chi connectivity index (χ1n) is 5.59. The number of para-hydroxylation sites is 1. The molecule has 0 saturated heterocycles. The van der Waals surface area contributed by atoms with Gasteiger partial charge in [-0.3, -0.25) is 10.1 Å². The van der Waals surface area contributed by atoms with Gasteiger partial charge in [-0.05, 0) is 24.3 Å². The van der Waals surface area contributed by atoms with Crippen LogP contribution in [0.5, 0.6) is 0 Å². The lowest BCUT2D eigenvalue weighted by atomic mass is 10.1. The highest BCUT2D eigenvalue weighted by Gasteiger charge is 2.15. The highest BCUT2D eigenvalue weighted by molar-refractivity contribution is 6.30. The zero-order chi connectivity index (χ0) is 14.7. The van der Waals surface area contributed by atoms with E-state index in [-0.39, 0.29) is 23.5 Å². The van der Waals surface area contributed by atoms with Gasteiger partial charge in [-0.1, -0.05) is 17.7 Å². The van der Waals surface area contributed by atoms with Gasteiger partial charge in [0.15, 0.2) is 0 Å². The number of benzene rings is 2. The van der Waals surface area contributed by atoms with E-state index in [1.165, 1.54) is 24.3 Å². The molecule has 0 heterocycles. The standard InChI is InChI=1S/C13H9ClF2N2O2/c14-9-4-5-12(18(19)20)8(6-9)7-17-13-10(15)2-1-3-11(13)16/h1-6,17H,7H2. The van der Waals surface area contributed by atoms with Crippen molar-refractivity contribution in [2.45, 2.75) is 6.54 Å². The predicted octanol–water partition coefficient (Wildman–Crippen LogP) is 4.14. The largest absolute Gasteiger partial charge is 0.376 e. The first-order chi connectivity index (χ1) is 9.49. The smallest absolute Gasteiger partial charge is 0.274 e. The molecule has 20 heavy (non-hydrogen) atoms. The van der Waals surface area contributed by atoms with Crippen LogP contribution in [-0.2, 0) is 6.54 Å². The van der Waals surface area contributed by atoms with E-state index >= 15 is 0 Å². The maximum atomic E-state index is 13.4. The number of halogens is 3. The molecule has 0 saturated carbocycles. The van der Waals surface area contributed by atoms with Gasteiger partial charge in [0.25, 0.3) is 5.69 Å². The summed E-state index contributed by atoms with van der Waals surface area (Å²) in [4.78, 5) is 10.3. The summed E-state index contributed by atoms with van der Waals surface area (Å²) in [6, 6.07) is 7.43. The van der Waals surface area contributed by atoms with E-state index in [2.05, 4.69) is 5.32 Å². The molecule has 2 rings (SSSR count). The van der Waals surface area contributed by atoms with Gasteiger partial charge in [0.2, 0.25) is 0 Å². The molecule has 1 N–H and O–H groups in total. The lowest BCUT2D eigenvalue weighted by Gasteiger charge is -2.09. The van der Waals surface area contributed by atoms with Crippen molar-refractivity contribution in [1.29, 1.82) is 0 Å². The van der Waals surface area contributed by atoms with Crippen LogP contribution in [0.25, 0.3) is 0 Å². The van der Waals surface area contributed by atoms with Crippen LogP contribution in [0.2, 0.25) is 5.02 Å². The van der Waals surface area contributed by atoms with Crippen LogP contribution in [0.4, 0.5) is 20.2 Å².